The van der Waals surface area contributed by atoms with E-state index in [0.29, 0.717) is 18.7 Å². The van der Waals surface area contributed by atoms with E-state index in [4.69, 9.17) is 10.5 Å². The van der Waals surface area contributed by atoms with E-state index in [-0.39, 0.29) is 36.1 Å². The molecule has 21 heavy (non-hydrogen) atoms. The molecule has 0 aliphatic carbocycles. The molecule has 1 aliphatic rings. The van der Waals surface area contributed by atoms with Crippen molar-refractivity contribution in [3.63, 3.8) is 0 Å². The lowest BCUT2D eigenvalue weighted by molar-refractivity contribution is -0.125. The van der Waals surface area contributed by atoms with Gasteiger partial charge in [-0.05, 0) is 19.9 Å². The Kier molecular flexibility index (Phi) is 5.59. The van der Waals surface area contributed by atoms with E-state index in [1.807, 2.05) is 13.8 Å². The molecule has 0 saturated carbocycles. The van der Waals surface area contributed by atoms with Crippen molar-refractivity contribution in [1.29, 1.82) is 0 Å². The predicted molar refractivity (Wildman–Crippen MR) is 82.1 cm³/mol. The number of nitrogens with one attached hydrogen (secondary N) is 1. The third-order valence-electron chi connectivity index (χ3n) is 3.55. The van der Waals surface area contributed by atoms with Gasteiger partial charge < -0.3 is 15.8 Å². The van der Waals surface area contributed by atoms with Gasteiger partial charge in [-0.2, -0.15) is 0 Å². The molecule has 3 N–H and O–H groups in total. The maximum absolute atomic E-state index is 13.3. The van der Waals surface area contributed by atoms with Crippen molar-refractivity contribution in [2.24, 2.45) is 11.7 Å². The van der Waals surface area contributed by atoms with Crippen LogP contribution in [0.5, 0.6) is 5.75 Å². The van der Waals surface area contributed by atoms with Crippen molar-refractivity contribution in [2.75, 3.05) is 6.54 Å². The molecule has 1 aliphatic heterocycles. The third kappa shape index (κ3) is 4.08. The van der Waals surface area contributed by atoms with Crippen molar-refractivity contribution < 1.29 is 13.9 Å². The van der Waals surface area contributed by atoms with Crippen LogP contribution in [0, 0.1) is 11.7 Å². The molecule has 6 heteroatoms. The Morgan fingerprint density at radius 3 is 2.86 bits per heavy atom. The van der Waals surface area contributed by atoms with Crippen LogP contribution >= 0.6 is 12.4 Å². The van der Waals surface area contributed by atoms with Gasteiger partial charge in [0, 0.05) is 30.5 Å². The molecule has 2 unspecified atom stereocenters. The van der Waals surface area contributed by atoms with Crippen molar-refractivity contribution in [1.82, 2.24) is 5.32 Å². The number of amides is 1. The number of fused-ring (bicyclic) bond motifs is 1. The minimum Gasteiger partial charge on any atom is -0.487 e. The smallest absolute Gasteiger partial charge is 0.224 e. The molecule has 118 valence electrons. The average Bonchev–Trinajstić information content (AvgIpc) is 2.35. The fraction of sp³-hybridized carbons (Fsp3) is 0.533. The number of carbonyl (C=O) groups is 1. The third-order valence-corrected chi connectivity index (χ3v) is 3.55. The number of benzene rings is 1. The summed E-state index contributed by atoms with van der Waals surface area (Å²) in [6.07, 6.45) is 0.634. The first-order chi connectivity index (χ1) is 9.32. The van der Waals surface area contributed by atoms with Crippen molar-refractivity contribution in [2.45, 2.75) is 38.8 Å². The quantitative estimate of drug-likeness (QED) is 0.900. The molecule has 0 aromatic heterocycles. The molecule has 1 aromatic rings. The fourth-order valence-corrected chi connectivity index (χ4v) is 2.38. The van der Waals surface area contributed by atoms with E-state index >= 15 is 0 Å². The number of nitrogens with two attached hydrogens (primary N) is 1. The van der Waals surface area contributed by atoms with Gasteiger partial charge in [-0.25, -0.2) is 4.39 Å². The second-order valence-electron chi connectivity index (χ2n) is 5.95. The van der Waals surface area contributed by atoms with E-state index in [1.54, 1.807) is 13.0 Å². The van der Waals surface area contributed by atoms with Gasteiger partial charge in [-0.3, -0.25) is 4.79 Å². The highest BCUT2D eigenvalue weighted by Gasteiger charge is 2.35. The van der Waals surface area contributed by atoms with Crippen LogP contribution in [0.1, 0.15) is 38.8 Å². The van der Waals surface area contributed by atoms with E-state index < -0.39 is 5.60 Å². The van der Waals surface area contributed by atoms with Crippen LogP contribution in [-0.4, -0.2) is 18.1 Å². The molecule has 1 aromatic carbocycles. The number of ether oxygens (including phenoxy) is 1. The van der Waals surface area contributed by atoms with Crippen LogP contribution in [0.4, 0.5) is 4.39 Å². The Morgan fingerprint density at radius 1 is 1.57 bits per heavy atom. The Labute approximate surface area is 130 Å². The highest BCUT2D eigenvalue weighted by Crippen LogP contribution is 2.39. The first kappa shape index (κ1) is 17.7. The van der Waals surface area contributed by atoms with Crippen LogP contribution < -0.4 is 15.8 Å². The van der Waals surface area contributed by atoms with Crippen molar-refractivity contribution >= 4 is 18.3 Å². The fourth-order valence-electron chi connectivity index (χ4n) is 2.38. The minimum atomic E-state index is -0.454. The van der Waals surface area contributed by atoms with Gasteiger partial charge in [0.2, 0.25) is 5.91 Å². The number of halogens is 2. The van der Waals surface area contributed by atoms with Crippen LogP contribution in [0.2, 0.25) is 0 Å². The zero-order chi connectivity index (χ0) is 14.9. The molecule has 2 atom stereocenters. The SMILES string of the molecule is CC(CN)C(=O)NC1CC(C)(C)Oc2cc(F)ccc21.Cl. The second kappa shape index (κ2) is 6.62. The van der Waals surface area contributed by atoms with E-state index in [9.17, 15) is 9.18 Å². The lowest BCUT2D eigenvalue weighted by Gasteiger charge is -2.38. The maximum Gasteiger partial charge on any atom is 0.224 e. The monoisotopic (exact) mass is 316 g/mol. The zero-order valence-electron chi connectivity index (χ0n) is 12.5. The molecule has 0 bridgehead atoms. The van der Waals surface area contributed by atoms with E-state index in [1.165, 1.54) is 12.1 Å². The van der Waals surface area contributed by atoms with E-state index in [2.05, 4.69) is 5.32 Å². The Balaban J connectivity index is 0.00000220. The maximum atomic E-state index is 13.3. The standard InChI is InChI=1S/C15H21FN2O2.ClH/c1-9(8-17)14(19)18-12-7-15(2,3)20-13-6-10(16)4-5-11(12)13;/h4-6,9,12H,7-8,17H2,1-3H3,(H,18,19);1H. The molecular formula is C15H22ClFN2O2. The first-order valence-electron chi connectivity index (χ1n) is 6.81. The number of rotatable bonds is 3. The topological polar surface area (TPSA) is 64.4 Å². The Morgan fingerprint density at radius 2 is 2.24 bits per heavy atom. The summed E-state index contributed by atoms with van der Waals surface area (Å²) in [6.45, 7) is 5.93. The normalized spacial score (nSPS) is 20.5. The molecule has 0 spiro atoms. The van der Waals surface area contributed by atoms with Gasteiger partial charge in [0.25, 0.3) is 0 Å². The summed E-state index contributed by atoms with van der Waals surface area (Å²) in [5, 5.41) is 2.98. The van der Waals surface area contributed by atoms with E-state index in [0.717, 1.165) is 5.56 Å². The highest BCUT2D eigenvalue weighted by atomic mass is 35.5. The van der Waals surface area contributed by atoms with Gasteiger partial charge in [0.15, 0.2) is 0 Å². The molecule has 0 saturated heterocycles. The molecule has 0 radical (unpaired) electrons. The summed E-state index contributed by atoms with van der Waals surface area (Å²) in [5.41, 5.74) is 5.87. The summed E-state index contributed by atoms with van der Waals surface area (Å²) in [5.74, 6) is -0.191. The van der Waals surface area contributed by atoms with Crippen LogP contribution in [-0.2, 0) is 4.79 Å². The Bertz CT molecular complexity index is 522. The van der Waals surface area contributed by atoms with Crippen molar-refractivity contribution in [3.05, 3.63) is 29.6 Å². The minimum absolute atomic E-state index is 0. The average molecular weight is 317 g/mol. The molecule has 1 amide bonds. The van der Waals surface area contributed by atoms with Crippen LogP contribution in [0.25, 0.3) is 0 Å². The summed E-state index contributed by atoms with van der Waals surface area (Å²) in [4.78, 5) is 12.0. The highest BCUT2D eigenvalue weighted by molar-refractivity contribution is 5.85. The Hall–Kier alpha value is -1.33. The zero-order valence-corrected chi connectivity index (χ0v) is 13.3. The molecule has 0 fully saturated rings. The molecular weight excluding hydrogens is 295 g/mol. The van der Waals surface area contributed by atoms with Crippen molar-refractivity contribution in [3.8, 4) is 5.75 Å². The van der Waals surface area contributed by atoms with Gasteiger partial charge in [-0.1, -0.05) is 13.0 Å². The van der Waals surface area contributed by atoms with Gasteiger partial charge in [0.1, 0.15) is 17.2 Å². The lowest BCUT2D eigenvalue weighted by atomic mass is 9.89. The number of hydrogen-bond donors (Lipinski definition) is 2. The largest absolute Gasteiger partial charge is 0.487 e. The second-order valence-corrected chi connectivity index (χ2v) is 5.95. The molecule has 2 rings (SSSR count). The first-order valence-corrected chi connectivity index (χ1v) is 6.81. The molecule has 4 nitrogen and oxygen atoms in total. The predicted octanol–water partition coefficient (Wildman–Crippen LogP) is 2.56. The van der Waals surface area contributed by atoms with Crippen LogP contribution in [0.15, 0.2) is 18.2 Å². The van der Waals surface area contributed by atoms with Gasteiger partial charge in [-0.15, -0.1) is 12.4 Å². The number of hydrogen-bond acceptors (Lipinski definition) is 3. The van der Waals surface area contributed by atoms with Gasteiger partial charge >= 0.3 is 0 Å². The van der Waals surface area contributed by atoms with Crippen LogP contribution in [0.3, 0.4) is 0 Å². The summed E-state index contributed by atoms with van der Waals surface area (Å²) in [7, 11) is 0. The summed E-state index contributed by atoms with van der Waals surface area (Å²) in [6, 6.07) is 4.22. The summed E-state index contributed by atoms with van der Waals surface area (Å²) >= 11 is 0. The molecule has 1 heterocycles. The lowest BCUT2D eigenvalue weighted by Crippen LogP contribution is -2.43. The van der Waals surface area contributed by atoms with Gasteiger partial charge in [0.05, 0.1) is 6.04 Å². The number of carbonyl (C=O) groups excluding carboxylic acids is 1. The summed E-state index contributed by atoms with van der Waals surface area (Å²) < 4.78 is 19.1.